The fourth-order valence-electron chi connectivity index (χ4n) is 2.11. The molecule has 1 atom stereocenters. The van der Waals surface area contributed by atoms with Crippen LogP contribution in [0.1, 0.15) is 11.6 Å². The van der Waals surface area contributed by atoms with E-state index in [9.17, 15) is 8.78 Å². The molecule has 1 heterocycles. The summed E-state index contributed by atoms with van der Waals surface area (Å²) in [6.07, 6.45) is 0. The van der Waals surface area contributed by atoms with E-state index in [4.69, 9.17) is 0 Å². The molecule has 0 saturated carbocycles. The molecule has 2 rings (SSSR count). The van der Waals surface area contributed by atoms with Crippen LogP contribution in [0.15, 0.2) is 24.3 Å². The van der Waals surface area contributed by atoms with Crippen LogP contribution in [0.5, 0.6) is 0 Å². The van der Waals surface area contributed by atoms with E-state index in [0.29, 0.717) is 0 Å². The molecule has 2 nitrogen and oxygen atoms in total. The molecular formula is C12H18Cl2F2N2. The van der Waals surface area contributed by atoms with Crippen LogP contribution in [0.4, 0.5) is 8.78 Å². The van der Waals surface area contributed by atoms with Crippen LogP contribution in [0.25, 0.3) is 0 Å². The molecule has 0 spiro atoms. The van der Waals surface area contributed by atoms with Gasteiger partial charge in [-0.25, -0.2) is 8.78 Å². The quantitative estimate of drug-likeness (QED) is 0.923. The van der Waals surface area contributed by atoms with Gasteiger partial charge in [0.15, 0.2) is 0 Å². The van der Waals surface area contributed by atoms with E-state index >= 15 is 0 Å². The highest BCUT2D eigenvalue weighted by Crippen LogP contribution is 2.22. The Balaban J connectivity index is 0.00000144. The third-order valence-electron chi connectivity index (χ3n) is 2.97. The van der Waals surface area contributed by atoms with Gasteiger partial charge < -0.3 is 5.32 Å². The number of hydrogen-bond acceptors (Lipinski definition) is 2. The average Bonchev–Trinajstić information content (AvgIpc) is 2.31. The molecule has 1 aromatic rings. The van der Waals surface area contributed by atoms with Crippen molar-refractivity contribution in [3.63, 3.8) is 0 Å². The molecule has 1 fully saturated rings. The smallest absolute Gasteiger partial charge is 0.123 e. The first-order valence-electron chi connectivity index (χ1n) is 5.57. The molecule has 1 aliphatic heterocycles. The van der Waals surface area contributed by atoms with Crippen LogP contribution in [0.3, 0.4) is 0 Å². The van der Waals surface area contributed by atoms with Crippen molar-refractivity contribution in [1.82, 2.24) is 10.2 Å². The van der Waals surface area contributed by atoms with Crippen LogP contribution < -0.4 is 5.32 Å². The lowest BCUT2D eigenvalue weighted by Crippen LogP contribution is -2.45. The molecule has 1 aliphatic rings. The second-order valence-corrected chi connectivity index (χ2v) is 4.01. The second kappa shape index (κ2) is 8.64. The standard InChI is InChI=1S/C12H16F2N2.2ClH/c13-9-12(16-6-4-15-5-7-16)10-2-1-3-11(14)8-10;;/h1-3,8,12,15H,4-7,9H2;2*1H/t12-;;/m1../s1. The summed E-state index contributed by atoms with van der Waals surface area (Å²) in [6.45, 7) is 2.89. The molecule has 0 aliphatic carbocycles. The zero-order valence-electron chi connectivity index (χ0n) is 9.94. The molecule has 0 aromatic heterocycles. The molecule has 1 N–H and O–H groups in total. The van der Waals surface area contributed by atoms with Crippen molar-refractivity contribution in [3.05, 3.63) is 35.6 Å². The van der Waals surface area contributed by atoms with E-state index in [-0.39, 0.29) is 36.7 Å². The van der Waals surface area contributed by atoms with Gasteiger partial charge in [-0.3, -0.25) is 4.90 Å². The minimum absolute atomic E-state index is 0. The Labute approximate surface area is 119 Å². The maximum atomic E-state index is 13.1. The lowest BCUT2D eigenvalue weighted by molar-refractivity contribution is 0.147. The minimum atomic E-state index is -0.469. The Hall–Kier alpha value is -0.420. The summed E-state index contributed by atoms with van der Waals surface area (Å²) in [7, 11) is 0. The van der Waals surface area contributed by atoms with Crippen LogP contribution in [0.2, 0.25) is 0 Å². The third-order valence-corrected chi connectivity index (χ3v) is 2.97. The number of halogens is 4. The molecule has 104 valence electrons. The number of piperazine rings is 1. The van der Waals surface area contributed by atoms with Crippen molar-refractivity contribution >= 4 is 24.8 Å². The van der Waals surface area contributed by atoms with E-state index in [1.165, 1.54) is 12.1 Å². The van der Waals surface area contributed by atoms with Gasteiger partial charge in [0.2, 0.25) is 0 Å². The Morgan fingerprint density at radius 3 is 2.44 bits per heavy atom. The van der Waals surface area contributed by atoms with Crippen molar-refractivity contribution < 1.29 is 8.78 Å². The maximum absolute atomic E-state index is 13.1. The summed E-state index contributed by atoms with van der Waals surface area (Å²) < 4.78 is 26.2. The number of rotatable bonds is 3. The van der Waals surface area contributed by atoms with Crippen LogP contribution in [0, 0.1) is 5.82 Å². The topological polar surface area (TPSA) is 15.3 Å². The summed E-state index contributed by atoms with van der Waals surface area (Å²) in [5, 5.41) is 3.22. The summed E-state index contributed by atoms with van der Waals surface area (Å²) in [5.74, 6) is -0.300. The Morgan fingerprint density at radius 1 is 1.22 bits per heavy atom. The summed E-state index contributed by atoms with van der Waals surface area (Å²) in [4.78, 5) is 2.06. The van der Waals surface area contributed by atoms with Crippen molar-refractivity contribution in [1.29, 1.82) is 0 Å². The van der Waals surface area contributed by atoms with Crippen LogP contribution >= 0.6 is 24.8 Å². The van der Waals surface area contributed by atoms with Crippen molar-refractivity contribution in [3.8, 4) is 0 Å². The highest BCUT2D eigenvalue weighted by Gasteiger charge is 2.22. The zero-order chi connectivity index (χ0) is 11.4. The highest BCUT2D eigenvalue weighted by atomic mass is 35.5. The number of nitrogens with zero attached hydrogens (tertiary/aromatic N) is 1. The Morgan fingerprint density at radius 2 is 1.89 bits per heavy atom. The normalized spacial score (nSPS) is 17.4. The SMILES string of the molecule is Cl.Cl.FC[C@H](c1cccc(F)c1)N1CCNCC1. The van der Waals surface area contributed by atoms with Gasteiger partial charge >= 0.3 is 0 Å². The molecule has 1 saturated heterocycles. The monoisotopic (exact) mass is 298 g/mol. The number of benzene rings is 1. The Kier molecular flexibility index (Phi) is 8.44. The molecule has 6 heteroatoms. The van der Waals surface area contributed by atoms with Gasteiger partial charge in [0, 0.05) is 26.2 Å². The van der Waals surface area contributed by atoms with Gasteiger partial charge in [-0.1, -0.05) is 12.1 Å². The van der Waals surface area contributed by atoms with Gasteiger partial charge in [-0.05, 0) is 17.7 Å². The first kappa shape index (κ1) is 17.6. The fraction of sp³-hybridized carbons (Fsp3) is 0.500. The fourth-order valence-corrected chi connectivity index (χ4v) is 2.11. The lowest BCUT2D eigenvalue weighted by atomic mass is 10.1. The predicted octanol–water partition coefficient (Wildman–Crippen LogP) is 2.59. The van der Waals surface area contributed by atoms with Crippen LogP contribution in [-0.2, 0) is 0 Å². The van der Waals surface area contributed by atoms with E-state index < -0.39 is 6.67 Å². The minimum Gasteiger partial charge on any atom is -0.314 e. The molecule has 18 heavy (non-hydrogen) atoms. The first-order chi connectivity index (χ1) is 7.81. The van der Waals surface area contributed by atoms with Gasteiger partial charge in [0.25, 0.3) is 0 Å². The lowest BCUT2D eigenvalue weighted by Gasteiger charge is -2.33. The summed E-state index contributed by atoms with van der Waals surface area (Å²) >= 11 is 0. The molecular weight excluding hydrogens is 281 g/mol. The average molecular weight is 299 g/mol. The van der Waals surface area contributed by atoms with E-state index in [1.54, 1.807) is 12.1 Å². The second-order valence-electron chi connectivity index (χ2n) is 4.01. The Bertz CT molecular complexity index is 347. The van der Waals surface area contributed by atoms with E-state index in [0.717, 1.165) is 31.7 Å². The van der Waals surface area contributed by atoms with E-state index in [2.05, 4.69) is 10.2 Å². The highest BCUT2D eigenvalue weighted by molar-refractivity contribution is 5.85. The predicted molar refractivity (Wildman–Crippen MR) is 74.1 cm³/mol. The summed E-state index contributed by atoms with van der Waals surface area (Å²) in [6, 6.07) is 5.92. The number of alkyl halides is 1. The molecule has 0 unspecified atom stereocenters. The zero-order valence-corrected chi connectivity index (χ0v) is 11.6. The van der Waals surface area contributed by atoms with Crippen molar-refractivity contribution in [2.24, 2.45) is 0 Å². The summed E-state index contributed by atoms with van der Waals surface area (Å²) in [5.41, 5.74) is 0.726. The van der Waals surface area contributed by atoms with Gasteiger partial charge in [-0.2, -0.15) is 0 Å². The third kappa shape index (κ3) is 4.35. The molecule has 0 bridgehead atoms. The number of nitrogens with one attached hydrogen (secondary N) is 1. The first-order valence-corrected chi connectivity index (χ1v) is 5.57. The van der Waals surface area contributed by atoms with E-state index in [1.807, 2.05) is 0 Å². The van der Waals surface area contributed by atoms with Crippen molar-refractivity contribution in [2.75, 3.05) is 32.9 Å². The molecule has 0 radical (unpaired) electrons. The molecule has 0 amide bonds. The van der Waals surface area contributed by atoms with Crippen molar-refractivity contribution in [2.45, 2.75) is 6.04 Å². The largest absolute Gasteiger partial charge is 0.314 e. The molecule has 1 aromatic carbocycles. The number of hydrogen-bond donors (Lipinski definition) is 1. The van der Waals surface area contributed by atoms with Gasteiger partial charge in [0.1, 0.15) is 12.5 Å². The van der Waals surface area contributed by atoms with Gasteiger partial charge in [0.05, 0.1) is 6.04 Å². The van der Waals surface area contributed by atoms with Crippen LogP contribution in [-0.4, -0.2) is 37.8 Å². The van der Waals surface area contributed by atoms with Gasteiger partial charge in [-0.15, -0.1) is 24.8 Å². The maximum Gasteiger partial charge on any atom is 0.123 e.